The summed E-state index contributed by atoms with van der Waals surface area (Å²) in [6.45, 7) is 2.04. The molecule has 1 aliphatic rings. The number of hydrogen-bond donors (Lipinski definition) is 1. The van der Waals surface area contributed by atoms with E-state index in [1.165, 1.54) is 24.6 Å². The number of aliphatic carboxylic acids is 1. The Morgan fingerprint density at radius 2 is 1.95 bits per heavy atom. The molecule has 102 valence electrons. The second-order valence-electron chi connectivity index (χ2n) is 4.42. The van der Waals surface area contributed by atoms with Gasteiger partial charge in [-0.1, -0.05) is 30.0 Å². The van der Waals surface area contributed by atoms with Crippen LogP contribution in [0, 0.1) is 0 Å². The molecule has 1 aliphatic heterocycles. The van der Waals surface area contributed by atoms with E-state index in [1.54, 1.807) is 0 Å². The highest BCUT2D eigenvalue weighted by Gasteiger charge is 2.17. The van der Waals surface area contributed by atoms with E-state index in [2.05, 4.69) is 9.89 Å². The van der Waals surface area contributed by atoms with Crippen LogP contribution in [0.15, 0.2) is 35.3 Å². The molecule has 0 amide bonds. The predicted octanol–water partition coefficient (Wildman–Crippen LogP) is 2.98. The van der Waals surface area contributed by atoms with Crippen LogP contribution in [0.2, 0.25) is 0 Å². The van der Waals surface area contributed by atoms with E-state index >= 15 is 0 Å². The lowest BCUT2D eigenvalue weighted by Crippen LogP contribution is -2.25. The minimum absolute atomic E-state index is 0.173. The van der Waals surface area contributed by atoms with Gasteiger partial charge in [0.2, 0.25) is 0 Å². The normalized spacial score (nSPS) is 15.8. The third kappa shape index (κ3) is 4.59. The summed E-state index contributed by atoms with van der Waals surface area (Å²) in [6, 6.07) is 9.82. The van der Waals surface area contributed by atoms with E-state index in [4.69, 9.17) is 5.11 Å². The van der Waals surface area contributed by atoms with Gasteiger partial charge in [-0.05, 0) is 25.0 Å². The van der Waals surface area contributed by atoms with Gasteiger partial charge in [-0.25, -0.2) is 4.99 Å². The van der Waals surface area contributed by atoms with E-state index < -0.39 is 5.97 Å². The Hall–Kier alpha value is -1.49. The summed E-state index contributed by atoms with van der Waals surface area (Å²) in [4.78, 5) is 17.5. The average Bonchev–Trinajstić information content (AvgIpc) is 2.92. The van der Waals surface area contributed by atoms with Crippen LogP contribution >= 0.6 is 11.8 Å². The minimum atomic E-state index is -0.756. The maximum Gasteiger partial charge on any atom is 0.304 e. The van der Waals surface area contributed by atoms with Gasteiger partial charge in [-0.15, -0.1) is 0 Å². The Morgan fingerprint density at radius 3 is 2.58 bits per heavy atom. The van der Waals surface area contributed by atoms with E-state index in [1.807, 2.05) is 30.3 Å². The fraction of sp³-hybridized carbons (Fsp3) is 0.429. The number of para-hydroxylation sites is 1. The summed E-state index contributed by atoms with van der Waals surface area (Å²) in [7, 11) is 0. The van der Waals surface area contributed by atoms with Crippen molar-refractivity contribution in [3.05, 3.63) is 30.3 Å². The fourth-order valence-electron chi connectivity index (χ4n) is 1.95. The van der Waals surface area contributed by atoms with Gasteiger partial charge < -0.3 is 10.0 Å². The molecule has 1 aromatic carbocycles. The summed E-state index contributed by atoms with van der Waals surface area (Å²) in [6.07, 6.45) is 2.55. The zero-order valence-electron chi connectivity index (χ0n) is 10.8. The summed E-state index contributed by atoms with van der Waals surface area (Å²) >= 11 is 1.54. The van der Waals surface area contributed by atoms with Crippen LogP contribution in [0.1, 0.15) is 19.3 Å². The van der Waals surface area contributed by atoms with Crippen molar-refractivity contribution in [2.75, 3.05) is 18.8 Å². The van der Waals surface area contributed by atoms with Crippen molar-refractivity contribution in [2.24, 2.45) is 4.99 Å². The molecule has 0 aliphatic carbocycles. The maximum absolute atomic E-state index is 10.6. The molecule has 0 aromatic heterocycles. The molecule has 0 atom stereocenters. The highest BCUT2D eigenvalue weighted by atomic mass is 32.2. The number of likely N-dealkylation sites (tertiary alicyclic amines) is 1. The zero-order valence-corrected chi connectivity index (χ0v) is 11.6. The van der Waals surface area contributed by atoms with Gasteiger partial charge in [0.05, 0.1) is 12.1 Å². The van der Waals surface area contributed by atoms with Crippen LogP contribution in [0.5, 0.6) is 0 Å². The van der Waals surface area contributed by atoms with Crippen molar-refractivity contribution in [1.29, 1.82) is 0 Å². The van der Waals surface area contributed by atoms with Gasteiger partial charge in [0, 0.05) is 18.8 Å². The van der Waals surface area contributed by atoms with Crippen molar-refractivity contribution in [3.63, 3.8) is 0 Å². The summed E-state index contributed by atoms with van der Waals surface area (Å²) in [5.74, 6) is -0.190. The smallest absolute Gasteiger partial charge is 0.304 e. The lowest BCUT2D eigenvalue weighted by molar-refractivity contribution is -0.136. The van der Waals surface area contributed by atoms with Crippen LogP contribution in [-0.4, -0.2) is 40.0 Å². The number of thioether (sulfide) groups is 1. The molecule has 0 bridgehead atoms. The van der Waals surface area contributed by atoms with Crippen LogP contribution < -0.4 is 0 Å². The molecule has 19 heavy (non-hydrogen) atoms. The monoisotopic (exact) mass is 278 g/mol. The number of carboxylic acids is 1. The van der Waals surface area contributed by atoms with Crippen molar-refractivity contribution in [3.8, 4) is 0 Å². The number of rotatable bonds is 4. The minimum Gasteiger partial charge on any atom is -0.481 e. The lowest BCUT2D eigenvalue weighted by atomic mass is 10.3. The molecule has 1 fully saturated rings. The number of hydrogen-bond acceptors (Lipinski definition) is 3. The molecule has 2 rings (SSSR count). The van der Waals surface area contributed by atoms with E-state index in [0.717, 1.165) is 23.9 Å². The van der Waals surface area contributed by atoms with Gasteiger partial charge in [0.15, 0.2) is 5.17 Å². The standard InChI is InChI=1S/C14H18N2O2S/c17-13(18)8-11-19-14(16-9-4-5-10-16)15-12-6-2-1-3-7-12/h1-3,6-7H,4-5,8-11H2,(H,17,18). The number of benzene rings is 1. The molecule has 1 aromatic rings. The first kappa shape index (κ1) is 13.9. The quantitative estimate of drug-likeness (QED) is 0.679. The second-order valence-corrected chi connectivity index (χ2v) is 5.48. The molecular formula is C14H18N2O2S. The van der Waals surface area contributed by atoms with E-state index in [0.29, 0.717) is 5.75 Å². The summed E-state index contributed by atoms with van der Waals surface area (Å²) in [5.41, 5.74) is 0.923. The number of carbonyl (C=O) groups is 1. The van der Waals surface area contributed by atoms with Crippen molar-refractivity contribution in [1.82, 2.24) is 4.90 Å². The molecular weight excluding hydrogens is 260 g/mol. The van der Waals surface area contributed by atoms with Gasteiger partial charge in [0.1, 0.15) is 0 Å². The third-order valence-corrected chi connectivity index (χ3v) is 3.92. The van der Waals surface area contributed by atoms with Gasteiger partial charge >= 0.3 is 5.97 Å². The largest absolute Gasteiger partial charge is 0.481 e. The van der Waals surface area contributed by atoms with Crippen LogP contribution in [0.3, 0.4) is 0 Å². The Balaban J connectivity index is 2.05. The highest BCUT2D eigenvalue weighted by Crippen LogP contribution is 2.21. The summed E-state index contributed by atoms with van der Waals surface area (Å²) in [5, 5.41) is 9.66. The molecule has 1 heterocycles. The molecule has 5 heteroatoms. The number of nitrogens with zero attached hydrogens (tertiary/aromatic N) is 2. The van der Waals surface area contributed by atoms with Crippen LogP contribution in [0.25, 0.3) is 0 Å². The Labute approximate surface area is 117 Å². The van der Waals surface area contributed by atoms with Gasteiger partial charge in [0.25, 0.3) is 0 Å². The Kier molecular flexibility index (Phi) is 5.27. The van der Waals surface area contributed by atoms with E-state index in [9.17, 15) is 4.79 Å². The van der Waals surface area contributed by atoms with Crippen molar-refractivity contribution < 1.29 is 9.90 Å². The average molecular weight is 278 g/mol. The molecule has 0 unspecified atom stereocenters. The lowest BCUT2D eigenvalue weighted by Gasteiger charge is -2.19. The number of aliphatic imine (C=N–C) groups is 1. The van der Waals surface area contributed by atoms with Crippen molar-refractivity contribution >= 4 is 28.6 Å². The SMILES string of the molecule is O=C(O)CCSC(=Nc1ccccc1)N1CCCC1. The van der Waals surface area contributed by atoms with E-state index in [-0.39, 0.29) is 6.42 Å². The van der Waals surface area contributed by atoms with Gasteiger partial charge in [-0.3, -0.25) is 4.79 Å². The fourth-order valence-corrected chi connectivity index (χ4v) is 2.94. The highest BCUT2D eigenvalue weighted by molar-refractivity contribution is 8.13. The molecule has 1 N–H and O–H groups in total. The summed E-state index contributed by atoms with van der Waals surface area (Å²) < 4.78 is 0. The number of amidine groups is 1. The molecule has 0 spiro atoms. The second kappa shape index (κ2) is 7.19. The van der Waals surface area contributed by atoms with Crippen LogP contribution in [0.4, 0.5) is 5.69 Å². The van der Waals surface area contributed by atoms with Gasteiger partial charge in [-0.2, -0.15) is 0 Å². The number of carboxylic acid groups (broad SMARTS) is 1. The Bertz CT molecular complexity index is 442. The maximum atomic E-state index is 10.6. The molecule has 4 nitrogen and oxygen atoms in total. The Morgan fingerprint density at radius 1 is 1.26 bits per heavy atom. The zero-order chi connectivity index (χ0) is 13.5. The molecule has 1 saturated heterocycles. The molecule has 0 saturated carbocycles. The topological polar surface area (TPSA) is 52.9 Å². The molecule has 0 radical (unpaired) electrons. The van der Waals surface area contributed by atoms with Crippen LogP contribution in [-0.2, 0) is 4.79 Å². The first-order valence-corrected chi connectivity index (χ1v) is 7.47. The first-order valence-electron chi connectivity index (χ1n) is 6.49. The predicted molar refractivity (Wildman–Crippen MR) is 79.1 cm³/mol. The van der Waals surface area contributed by atoms with Crippen molar-refractivity contribution in [2.45, 2.75) is 19.3 Å². The third-order valence-electron chi connectivity index (χ3n) is 2.90. The first-order chi connectivity index (χ1) is 9.25.